The monoisotopic (exact) mass is 285 g/mol. The maximum Gasteiger partial charge on any atom is 0.367 e. The number of esters is 1. The van der Waals surface area contributed by atoms with Crippen LogP contribution in [0.5, 0.6) is 0 Å². The summed E-state index contributed by atoms with van der Waals surface area (Å²) in [6, 6.07) is 3.64. The normalized spacial score (nSPS) is 15.7. The summed E-state index contributed by atoms with van der Waals surface area (Å²) < 4.78 is 20.4. The predicted molar refractivity (Wildman–Crippen MR) is 67.9 cm³/mol. The van der Waals surface area contributed by atoms with E-state index in [1.54, 1.807) is 18.5 Å². The fourth-order valence-corrected chi connectivity index (χ4v) is 2.26. The number of methoxy groups -OCH3 is 2. The van der Waals surface area contributed by atoms with Crippen molar-refractivity contribution in [3.63, 3.8) is 0 Å². The summed E-state index contributed by atoms with van der Waals surface area (Å²) in [6.07, 6.45) is 4.11. The van der Waals surface area contributed by atoms with Crippen LogP contribution in [0.3, 0.4) is 0 Å². The first-order valence-electron chi connectivity index (χ1n) is 5.65. The van der Waals surface area contributed by atoms with Crippen molar-refractivity contribution >= 4 is 14.4 Å². The molecule has 1 heterocycles. The zero-order valence-corrected chi connectivity index (χ0v) is 11.7. The second-order valence-electron chi connectivity index (χ2n) is 3.91. The van der Waals surface area contributed by atoms with Gasteiger partial charge in [-0.25, -0.2) is 4.79 Å². The summed E-state index contributed by atoms with van der Waals surface area (Å²) in [4.78, 5) is 15.5. The molecule has 0 aliphatic heterocycles. The van der Waals surface area contributed by atoms with Gasteiger partial charge in [-0.3, -0.25) is 9.55 Å². The van der Waals surface area contributed by atoms with E-state index in [-0.39, 0.29) is 14.9 Å². The highest BCUT2D eigenvalue weighted by Gasteiger charge is 2.46. The molecule has 0 amide bonds. The molecule has 6 nitrogen and oxygen atoms in total. The van der Waals surface area contributed by atoms with Gasteiger partial charge in [-0.2, -0.15) is 0 Å². The minimum absolute atomic E-state index is 0.288. The molecule has 0 saturated heterocycles. The molecule has 0 aromatic carbocycles. The van der Waals surface area contributed by atoms with Gasteiger partial charge < -0.3 is 14.6 Å². The molecule has 2 unspecified atom stereocenters. The van der Waals surface area contributed by atoms with Gasteiger partial charge in [-0.05, 0) is 24.5 Å². The van der Waals surface area contributed by atoms with Crippen LogP contribution in [0, 0.1) is 0 Å². The molecule has 0 radical (unpaired) electrons. The Morgan fingerprint density at radius 1 is 1.58 bits per heavy atom. The van der Waals surface area contributed by atoms with Gasteiger partial charge in [0.25, 0.3) is 5.79 Å². The molecule has 0 fully saturated rings. The number of hydrogen-bond acceptors (Lipinski definition) is 6. The van der Waals surface area contributed by atoms with E-state index in [9.17, 15) is 14.5 Å². The number of hydrogen-bond donors (Lipinski definition) is 1. The van der Waals surface area contributed by atoms with E-state index in [0.717, 1.165) is 12.7 Å². The van der Waals surface area contributed by atoms with E-state index in [1.807, 2.05) is 6.07 Å². The molecule has 19 heavy (non-hydrogen) atoms. The second kappa shape index (κ2) is 7.28. The van der Waals surface area contributed by atoms with Gasteiger partial charge in [0.05, 0.1) is 7.11 Å². The number of rotatable bonds is 7. The second-order valence-corrected chi connectivity index (χ2v) is 4.75. The molecular formula is C12H16NO5P. The Morgan fingerprint density at radius 3 is 2.79 bits per heavy atom. The van der Waals surface area contributed by atoms with Crippen molar-refractivity contribution in [2.24, 2.45) is 0 Å². The van der Waals surface area contributed by atoms with Crippen LogP contribution in [0.1, 0.15) is 12.0 Å². The van der Waals surface area contributed by atoms with E-state index in [2.05, 4.69) is 9.72 Å². The zero-order valence-electron chi connectivity index (χ0n) is 10.8. The first-order valence-corrected chi connectivity index (χ1v) is 6.54. The van der Waals surface area contributed by atoms with Crippen LogP contribution in [0.25, 0.3) is 0 Å². The fraction of sp³-hybridized carbons (Fsp3) is 0.500. The van der Waals surface area contributed by atoms with Crippen LogP contribution in [0.15, 0.2) is 24.5 Å². The van der Waals surface area contributed by atoms with Crippen LogP contribution in [0.4, 0.5) is 0 Å². The van der Waals surface area contributed by atoms with Crippen molar-refractivity contribution in [2.45, 2.75) is 24.3 Å². The number of carbonyl (C=O) groups is 1. The molecule has 0 saturated carbocycles. The van der Waals surface area contributed by atoms with Crippen molar-refractivity contribution < 1.29 is 23.9 Å². The number of pyridine rings is 1. The van der Waals surface area contributed by atoms with Gasteiger partial charge in [-0.1, -0.05) is 6.07 Å². The summed E-state index contributed by atoms with van der Waals surface area (Å²) in [7, 11) is 1.91. The number of ether oxygens (including phenoxy) is 2. The standard InChI is InChI=1S/C12H16NO5P/c1-17-11(14)12(15,18-2)10(19-16)6-5-9-4-3-7-13-8-9/h3-4,7-8,10,15H,5-6H2,1-2H3. The highest BCUT2D eigenvalue weighted by atomic mass is 31.1. The minimum atomic E-state index is -2.21. The number of carbonyl (C=O) groups excluding carboxylic acids is 1. The molecule has 0 aliphatic rings. The molecule has 1 aromatic heterocycles. The van der Waals surface area contributed by atoms with Crippen molar-refractivity contribution in [1.29, 1.82) is 0 Å². The molecule has 1 N–H and O–H groups in total. The Morgan fingerprint density at radius 2 is 2.32 bits per heavy atom. The average molecular weight is 285 g/mol. The van der Waals surface area contributed by atoms with Gasteiger partial charge in [0.2, 0.25) is 0 Å². The maximum absolute atomic E-state index is 11.5. The molecule has 104 valence electrons. The largest absolute Gasteiger partial charge is 0.465 e. The topological polar surface area (TPSA) is 85.7 Å². The van der Waals surface area contributed by atoms with Gasteiger partial charge in [0, 0.05) is 19.5 Å². The third kappa shape index (κ3) is 3.80. The molecule has 1 aromatic rings. The summed E-state index contributed by atoms with van der Waals surface area (Å²) in [5, 5.41) is 10.1. The minimum Gasteiger partial charge on any atom is -0.465 e. The van der Waals surface area contributed by atoms with Crippen molar-refractivity contribution in [2.75, 3.05) is 14.2 Å². The van der Waals surface area contributed by atoms with Gasteiger partial charge in [0.15, 0.2) is 8.46 Å². The van der Waals surface area contributed by atoms with E-state index in [1.165, 1.54) is 7.11 Å². The average Bonchev–Trinajstić information content (AvgIpc) is 2.47. The first-order chi connectivity index (χ1) is 9.08. The van der Waals surface area contributed by atoms with Gasteiger partial charge in [0.1, 0.15) is 5.66 Å². The molecule has 7 heteroatoms. The Balaban J connectivity index is 2.76. The molecule has 0 bridgehead atoms. The third-order valence-electron chi connectivity index (χ3n) is 2.80. The first kappa shape index (κ1) is 15.7. The molecular weight excluding hydrogens is 269 g/mol. The Labute approximate surface area is 113 Å². The molecule has 2 atom stereocenters. The van der Waals surface area contributed by atoms with E-state index >= 15 is 0 Å². The lowest BCUT2D eigenvalue weighted by molar-refractivity contribution is -0.217. The molecule has 0 spiro atoms. The van der Waals surface area contributed by atoms with E-state index < -0.39 is 17.4 Å². The lowest BCUT2D eigenvalue weighted by Crippen LogP contribution is -2.49. The van der Waals surface area contributed by atoms with Crippen LogP contribution < -0.4 is 0 Å². The van der Waals surface area contributed by atoms with Crippen LogP contribution in [0.2, 0.25) is 0 Å². The summed E-state index contributed by atoms with van der Waals surface area (Å²) in [6.45, 7) is 0. The number of aromatic nitrogens is 1. The van der Waals surface area contributed by atoms with Crippen molar-refractivity contribution in [1.82, 2.24) is 4.98 Å². The third-order valence-corrected chi connectivity index (χ3v) is 3.66. The SMILES string of the molecule is COC(=O)C(O)(OC)C(CCc1cccnc1)P=O. The van der Waals surface area contributed by atoms with Crippen molar-refractivity contribution in [3.8, 4) is 0 Å². The maximum atomic E-state index is 11.5. The Kier molecular flexibility index (Phi) is 6.02. The quantitative estimate of drug-likeness (QED) is 0.460. The van der Waals surface area contributed by atoms with E-state index in [4.69, 9.17) is 4.74 Å². The predicted octanol–water partition coefficient (Wildman–Crippen LogP) is 1.18. The van der Waals surface area contributed by atoms with Crippen LogP contribution >= 0.6 is 8.46 Å². The highest BCUT2D eigenvalue weighted by molar-refractivity contribution is 7.25. The molecule has 1 rings (SSSR count). The van der Waals surface area contributed by atoms with Crippen LogP contribution in [-0.2, 0) is 25.3 Å². The Bertz CT molecular complexity index is 427. The lowest BCUT2D eigenvalue weighted by Gasteiger charge is -2.27. The lowest BCUT2D eigenvalue weighted by atomic mass is 10.0. The zero-order chi connectivity index (χ0) is 14.3. The van der Waals surface area contributed by atoms with Crippen LogP contribution in [-0.4, -0.2) is 41.7 Å². The smallest absolute Gasteiger partial charge is 0.367 e. The summed E-state index contributed by atoms with van der Waals surface area (Å²) >= 11 is 0. The number of aryl methyl sites for hydroxylation is 1. The summed E-state index contributed by atoms with van der Waals surface area (Å²) in [5.41, 5.74) is 0.00428. The molecule has 0 aliphatic carbocycles. The fourth-order valence-electron chi connectivity index (χ4n) is 1.67. The van der Waals surface area contributed by atoms with Gasteiger partial charge in [-0.15, -0.1) is 0 Å². The summed E-state index contributed by atoms with van der Waals surface area (Å²) in [5.74, 6) is -3.17. The number of aliphatic hydroxyl groups is 1. The Hall–Kier alpha value is -1.36. The van der Waals surface area contributed by atoms with E-state index in [0.29, 0.717) is 6.42 Å². The van der Waals surface area contributed by atoms with Gasteiger partial charge >= 0.3 is 5.97 Å². The highest BCUT2D eigenvalue weighted by Crippen LogP contribution is 2.28. The number of nitrogens with zero attached hydrogens (tertiary/aromatic N) is 1. The van der Waals surface area contributed by atoms with Crippen molar-refractivity contribution in [3.05, 3.63) is 30.1 Å².